The number of aromatic nitrogens is 3. The van der Waals surface area contributed by atoms with Crippen molar-refractivity contribution in [2.24, 2.45) is 0 Å². The van der Waals surface area contributed by atoms with E-state index in [1.54, 1.807) is 6.20 Å². The summed E-state index contributed by atoms with van der Waals surface area (Å²) in [5.41, 5.74) is 5.51. The van der Waals surface area contributed by atoms with Crippen molar-refractivity contribution in [2.45, 2.75) is 20.4 Å². The van der Waals surface area contributed by atoms with E-state index in [4.69, 9.17) is 9.97 Å². The second kappa shape index (κ2) is 8.52. The van der Waals surface area contributed by atoms with E-state index in [0.29, 0.717) is 12.4 Å². The van der Waals surface area contributed by atoms with Crippen molar-refractivity contribution in [3.8, 4) is 11.4 Å². The number of hydrogen-bond acceptors (Lipinski definition) is 5. The van der Waals surface area contributed by atoms with E-state index >= 15 is 0 Å². The molecule has 2 heterocycles. The first-order valence-electron chi connectivity index (χ1n) is 9.59. The number of aryl methyl sites for hydroxylation is 2. The van der Waals surface area contributed by atoms with Gasteiger partial charge in [-0.3, -0.25) is 4.98 Å². The smallest absolute Gasteiger partial charge is 0.163 e. The number of nitrogens with one attached hydrogen (secondary N) is 2. The van der Waals surface area contributed by atoms with E-state index in [1.807, 2.05) is 54.7 Å². The number of pyridine rings is 1. The Morgan fingerprint density at radius 1 is 0.828 bits per heavy atom. The SMILES string of the molecule is Cc1ccc(Nc2cc(NCc3cccnc3)nc(-c3ccccc3)n2)c(C)c1. The molecule has 0 aliphatic heterocycles. The molecule has 5 nitrogen and oxygen atoms in total. The highest BCUT2D eigenvalue weighted by atomic mass is 15.1. The number of benzene rings is 2. The highest BCUT2D eigenvalue weighted by Crippen LogP contribution is 2.25. The maximum Gasteiger partial charge on any atom is 0.163 e. The average molecular weight is 381 g/mol. The van der Waals surface area contributed by atoms with Crippen LogP contribution in [0.15, 0.2) is 79.1 Å². The fraction of sp³-hybridized carbons (Fsp3) is 0.125. The van der Waals surface area contributed by atoms with Gasteiger partial charge in [-0.15, -0.1) is 0 Å². The van der Waals surface area contributed by atoms with Gasteiger partial charge in [0, 0.05) is 36.3 Å². The summed E-state index contributed by atoms with van der Waals surface area (Å²) in [5, 5.41) is 6.83. The number of rotatable bonds is 6. The van der Waals surface area contributed by atoms with Crippen molar-refractivity contribution in [3.05, 3.63) is 95.8 Å². The van der Waals surface area contributed by atoms with Gasteiger partial charge in [0.1, 0.15) is 11.6 Å². The molecule has 2 aromatic carbocycles. The Kier molecular flexibility index (Phi) is 5.47. The first kappa shape index (κ1) is 18.6. The van der Waals surface area contributed by atoms with Gasteiger partial charge < -0.3 is 10.6 Å². The molecule has 0 saturated heterocycles. The van der Waals surface area contributed by atoms with Gasteiger partial charge in [0.25, 0.3) is 0 Å². The third-order valence-corrected chi connectivity index (χ3v) is 4.60. The van der Waals surface area contributed by atoms with Crippen molar-refractivity contribution in [1.29, 1.82) is 0 Å². The highest BCUT2D eigenvalue weighted by molar-refractivity contribution is 5.67. The summed E-state index contributed by atoms with van der Waals surface area (Å²) in [6.07, 6.45) is 3.62. The molecule has 0 saturated carbocycles. The van der Waals surface area contributed by atoms with Crippen LogP contribution in [0, 0.1) is 13.8 Å². The summed E-state index contributed by atoms with van der Waals surface area (Å²) in [6, 6.07) is 22.2. The molecule has 0 aliphatic rings. The molecule has 144 valence electrons. The summed E-state index contributed by atoms with van der Waals surface area (Å²) in [4.78, 5) is 13.6. The summed E-state index contributed by atoms with van der Waals surface area (Å²) >= 11 is 0. The zero-order valence-electron chi connectivity index (χ0n) is 16.6. The Balaban J connectivity index is 1.66. The summed E-state index contributed by atoms with van der Waals surface area (Å²) in [5.74, 6) is 2.18. The molecule has 2 aromatic heterocycles. The van der Waals surface area contributed by atoms with E-state index in [1.165, 1.54) is 11.1 Å². The van der Waals surface area contributed by atoms with E-state index in [-0.39, 0.29) is 0 Å². The van der Waals surface area contributed by atoms with Gasteiger partial charge in [-0.05, 0) is 37.1 Å². The van der Waals surface area contributed by atoms with Crippen molar-refractivity contribution in [3.63, 3.8) is 0 Å². The number of nitrogens with zero attached hydrogens (tertiary/aromatic N) is 3. The fourth-order valence-electron chi connectivity index (χ4n) is 3.11. The van der Waals surface area contributed by atoms with Crippen LogP contribution >= 0.6 is 0 Å². The minimum Gasteiger partial charge on any atom is -0.366 e. The number of anilines is 3. The van der Waals surface area contributed by atoms with Crippen molar-refractivity contribution < 1.29 is 0 Å². The van der Waals surface area contributed by atoms with Gasteiger partial charge in [0.2, 0.25) is 0 Å². The Bertz CT molecular complexity index is 1090. The largest absolute Gasteiger partial charge is 0.366 e. The lowest BCUT2D eigenvalue weighted by Gasteiger charge is -2.13. The molecular formula is C24H23N5. The third-order valence-electron chi connectivity index (χ3n) is 4.60. The molecule has 0 spiro atoms. The van der Waals surface area contributed by atoms with Crippen LogP contribution in [0.25, 0.3) is 11.4 Å². The highest BCUT2D eigenvalue weighted by Gasteiger charge is 2.09. The molecule has 4 rings (SSSR count). The molecule has 0 fully saturated rings. The minimum atomic E-state index is 0.641. The molecule has 0 atom stereocenters. The standard InChI is InChI=1S/C24H23N5/c1-17-10-11-21(18(2)13-17)27-23-14-22(26-16-19-7-6-12-25-15-19)28-24(29-23)20-8-4-3-5-9-20/h3-15H,16H2,1-2H3,(H2,26,27,28,29). The lowest BCUT2D eigenvalue weighted by atomic mass is 10.1. The van der Waals surface area contributed by atoms with Crippen molar-refractivity contribution >= 4 is 17.3 Å². The molecule has 5 heteroatoms. The van der Waals surface area contributed by atoms with E-state index < -0.39 is 0 Å². The van der Waals surface area contributed by atoms with Crippen LogP contribution in [-0.2, 0) is 6.54 Å². The molecule has 0 amide bonds. The van der Waals surface area contributed by atoms with Gasteiger partial charge in [-0.1, -0.05) is 54.1 Å². The quantitative estimate of drug-likeness (QED) is 0.461. The van der Waals surface area contributed by atoms with Crippen LogP contribution in [0.5, 0.6) is 0 Å². The van der Waals surface area contributed by atoms with Gasteiger partial charge in [0.15, 0.2) is 5.82 Å². The molecule has 0 bridgehead atoms. The van der Waals surface area contributed by atoms with E-state index in [0.717, 1.165) is 28.5 Å². The molecule has 0 radical (unpaired) electrons. The van der Waals surface area contributed by atoms with Gasteiger partial charge in [0.05, 0.1) is 0 Å². The predicted octanol–water partition coefficient (Wildman–Crippen LogP) is 5.51. The molecule has 29 heavy (non-hydrogen) atoms. The minimum absolute atomic E-state index is 0.641. The van der Waals surface area contributed by atoms with Gasteiger partial charge >= 0.3 is 0 Å². The molecule has 0 aliphatic carbocycles. The topological polar surface area (TPSA) is 62.7 Å². The summed E-state index contributed by atoms with van der Waals surface area (Å²) < 4.78 is 0. The van der Waals surface area contributed by atoms with Gasteiger partial charge in [-0.25, -0.2) is 9.97 Å². The average Bonchev–Trinajstić information content (AvgIpc) is 2.75. The molecular weight excluding hydrogens is 358 g/mol. The lowest BCUT2D eigenvalue weighted by molar-refractivity contribution is 1.07. The number of hydrogen-bond donors (Lipinski definition) is 2. The Morgan fingerprint density at radius 2 is 1.66 bits per heavy atom. The first-order chi connectivity index (χ1) is 14.2. The second-order valence-electron chi connectivity index (χ2n) is 6.99. The maximum absolute atomic E-state index is 4.74. The Morgan fingerprint density at radius 3 is 2.41 bits per heavy atom. The zero-order chi connectivity index (χ0) is 20.1. The normalized spacial score (nSPS) is 10.6. The van der Waals surface area contributed by atoms with Crippen LogP contribution in [0.2, 0.25) is 0 Å². The summed E-state index contributed by atoms with van der Waals surface area (Å²) in [6.45, 7) is 4.83. The molecule has 0 unspecified atom stereocenters. The lowest BCUT2D eigenvalue weighted by Crippen LogP contribution is -2.05. The Labute approximate surface area is 170 Å². The zero-order valence-corrected chi connectivity index (χ0v) is 16.6. The van der Waals surface area contributed by atoms with Crippen LogP contribution in [0.4, 0.5) is 17.3 Å². The van der Waals surface area contributed by atoms with Crippen molar-refractivity contribution in [1.82, 2.24) is 15.0 Å². The Hall–Kier alpha value is -3.73. The van der Waals surface area contributed by atoms with E-state index in [2.05, 4.69) is 47.7 Å². The van der Waals surface area contributed by atoms with Crippen LogP contribution < -0.4 is 10.6 Å². The van der Waals surface area contributed by atoms with Crippen molar-refractivity contribution in [2.75, 3.05) is 10.6 Å². The van der Waals surface area contributed by atoms with Crippen LogP contribution in [-0.4, -0.2) is 15.0 Å². The van der Waals surface area contributed by atoms with E-state index in [9.17, 15) is 0 Å². The third kappa shape index (κ3) is 4.76. The fourth-order valence-corrected chi connectivity index (χ4v) is 3.11. The first-order valence-corrected chi connectivity index (χ1v) is 9.59. The molecule has 4 aromatic rings. The maximum atomic E-state index is 4.74. The van der Waals surface area contributed by atoms with Crippen LogP contribution in [0.3, 0.4) is 0 Å². The molecule has 2 N–H and O–H groups in total. The van der Waals surface area contributed by atoms with Crippen LogP contribution in [0.1, 0.15) is 16.7 Å². The second-order valence-corrected chi connectivity index (χ2v) is 6.99. The summed E-state index contributed by atoms with van der Waals surface area (Å²) in [7, 11) is 0. The predicted molar refractivity (Wildman–Crippen MR) is 118 cm³/mol. The van der Waals surface area contributed by atoms with Gasteiger partial charge in [-0.2, -0.15) is 0 Å². The monoisotopic (exact) mass is 381 g/mol.